The highest BCUT2D eigenvalue weighted by molar-refractivity contribution is 5.91. The monoisotopic (exact) mass is 333 g/mol. The van der Waals surface area contributed by atoms with Crippen molar-refractivity contribution in [3.05, 3.63) is 53.3 Å². The third-order valence-electron chi connectivity index (χ3n) is 3.82. The number of carbonyl (C=O) groups excluding carboxylic acids is 1. The Labute approximate surface area is 139 Å². The Morgan fingerprint density at radius 1 is 1.25 bits per heavy atom. The first kappa shape index (κ1) is 17.9. The van der Waals surface area contributed by atoms with E-state index in [1.807, 2.05) is 0 Å². The number of rotatable bonds is 6. The van der Waals surface area contributed by atoms with Gasteiger partial charge < -0.3 is 20.7 Å². The third kappa shape index (κ3) is 4.10. The fourth-order valence-corrected chi connectivity index (χ4v) is 2.46. The molecule has 2 aromatic rings. The Kier molecular flexibility index (Phi) is 5.89. The number of esters is 1. The summed E-state index contributed by atoms with van der Waals surface area (Å²) in [5.74, 6) is -1.28. The predicted octanol–water partition coefficient (Wildman–Crippen LogP) is 2.09. The molecule has 2 rings (SSSR count). The second-order valence-electron chi connectivity index (χ2n) is 5.55. The molecule has 24 heavy (non-hydrogen) atoms. The third-order valence-corrected chi connectivity index (χ3v) is 3.82. The summed E-state index contributed by atoms with van der Waals surface area (Å²) >= 11 is 0. The molecule has 0 aromatic heterocycles. The van der Waals surface area contributed by atoms with Crippen molar-refractivity contribution in [2.75, 3.05) is 20.3 Å². The molecule has 0 saturated carbocycles. The molecule has 0 heterocycles. The lowest BCUT2D eigenvalue weighted by Gasteiger charge is -2.13. The first-order valence-electron chi connectivity index (χ1n) is 7.50. The number of aliphatic hydroxyl groups excluding tert-OH is 1. The van der Waals surface area contributed by atoms with E-state index in [-0.39, 0.29) is 36.2 Å². The molecule has 0 bridgehead atoms. The zero-order chi connectivity index (χ0) is 17.7. The smallest absolute Gasteiger partial charge is 0.338 e. The largest absolute Gasteiger partial charge is 0.508 e. The number of ether oxygens (including phenoxy) is 1. The van der Waals surface area contributed by atoms with Crippen molar-refractivity contribution in [1.82, 2.24) is 0 Å². The van der Waals surface area contributed by atoms with Crippen molar-refractivity contribution in [3.8, 4) is 16.9 Å². The van der Waals surface area contributed by atoms with Gasteiger partial charge in [0.25, 0.3) is 0 Å². The quantitative estimate of drug-likeness (QED) is 0.704. The molecule has 4 N–H and O–H groups in total. The molecule has 5 nitrogen and oxygen atoms in total. The van der Waals surface area contributed by atoms with Crippen molar-refractivity contribution in [1.29, 1.82) is 0 Å². The Balaban J connectivity index is 2.42. The van der Waals surface area contributed by atoms with Crippen LogP contribution >= 0.6 is 0 Å². The summed E-state index contributed by atoms with van der Waals surface area (Å²) in [6.07, 6.45) is 0.301. The van der Waals surface area contributed by atoms with E-state index in [9.17, 15) is 19.4 Å². The summed E-state index contributed by atoms with van der Waals surface area (Å²) in [5, 5.41) is 19.1. The number of phenols is 1. The summed E-state index contributed by atoms with van der Waals surface area (Å²) in [6, 6.07) is 8.85. The van der Waals surface area contributed by atoms with Crippen LogP contribution in [0.4, 0.5) is 4.39 Å². The predicted molar refractivity (Wildman–Crippen MR) is 88.2 cm³/mol. The average molecular weight is 333 g/mol. The molecule has 1 unspecified atom stereocenters. The summed E-state index contributed by atoms with van der Waals surface area (Å²) < 4.78 is 18.7. The van der Waals surface area contributed by atoms with Crippen LogP contribution in [0.2, 0.25) is 0 Å². The highest BCUT2D eigenvalue weighted by Gasteiger charge is 2.14. The van der Waals surface area contributed by atoms with Crippen LogP contribution in [0.5, 0.6) is 5.75 Å². The molecule has 0 radical (unpaired) electrons. The molecule has 2 aromatic carbocycles. The molecule has 1 atom stereocenters. The summed E-state index contributed by atoms with van der Waals surface area (Å²) in [6.45, 7) is 0.123. The molecule has 128 valence electrons. The summed E-state index contributed by atoms with van der Waals surface area (Å²) in [5.41, 5.74) is 7.37. The van der Waals surface area contributed by atoms with E-state index >= 15 is 0 Å². The summed E-state index contributed by atoms with van der Waals surface area (Å²) in [4.78, 5) is 11.7. The Bertz CT molecular complexity index is 729. The van der Waals surface area contributed by atoms with Gasteiger partial charge in [-0.05, 0) is 65.9 Å². The molecule has 0 fully saturated rings. The van der Waals surface area contributed by atoms with Gasteiger partial charge in [-0.1, -0.05) is 6.07 Å². The fraction of sp³-hybridized carbons (Fsp3) is 0.278. The minimum Gasteiger partial charge on any atom is -0.508 e. The first-order valence-corrected chi connectivity index (χ1v) is 7.50. The van der Waals surface area contributed by atoms with Crippen molar-refractivity contribution < 1.29 is 24.1 Å². The molecular formula is C18H20FNO4. The molecular weight excluding hydrogens is 313 g/mol. The second-order valence-corrected chi connectivity index (χ2v) is 5.55. The minimum atomic E-state index is -0.571. The first-order chi connectivity index (χ1) is 11.5. The van der Waals surface area contributed by atoms with Crippen LogP contribution in [0.3, 0.4) is 0 Å². The highest BCUT2D eigenvalue weighted by Crippen LogP contribution is 2.28. The van der Waals surface area contributed by atoms with Gasteiger partial charge in [0.2, 0.25) is 0 Å². The van der Waals surface area contributed by atoms with Gasteiger partial charge in [-0.15, -0.1) is 0 Å². The van der Waals surface area contributed by atoms with Gasteiger partial charge in [0.15, 0.2) is 0 Å². The maximum Gasteiger partial charge on any atom is 0.338 e. The number of halogens is 1. The van der Waals surface area contributed by atoms with Crippen LogP contribution in [0, 0.1) is 11.7 Å². The highest BCUT2D eigenvalue weighted by atomic mass is 19.1. The molecule has 0 spiro atoms. The van der Waals surface area contributed by atoms with E-state index in [0.717, 1.165) is 0 Å². The van der Waals surface area contributed by atoms with E-state index in [1.165, 1.54) is 25.3 Å². The van der Waals surface area contributed by atoms with Crippen LogP contribution in [0.1, 0.15) is 15.9 Å². The zero-order valence-electron chi connectivity index (χ0n) is 13.3. The van der Waals surface area contributed by atoms with E-state index in [4.69, 9.17) is 5.73 Å². The van der Waals surface area contributed by atoms with Crippen LogP contribution < -0.4 is 5.73 Å². The molecule has 0 amide bonds. The van der Waals surface area contributed by atoms with Crippen LogP contribution in [0.15, 0.2) is 36.4 Å². The molecule has 0 aliphatic carbocycles. The van der Waals surface area contributed by atoms with Gasteiger partial charge in [-0.3, -0.25) is 0 Å². The maximum atomic E-state index is 14.0. The topological polar surface area (TPSA) is 92.8 Å². The van der Waals surface area contributed by atoms with Crippen molar-refractivity contribution in [2.45, 2.75) is 6.42 Å². The summed E-state index contributed by atoms with van der Waals surface area (Å²) in [7, 11) is 1.25. The number of carbonyl (C=O) groups is 1. The number of aromatic hydroxyl groups is 1. The Morgan fingerprint density at radius 2 is 2.00 bits per heavy atom. The number of nitrogens with two attached hydrogens (primary N) is 1. The van der Waals surface area contributed by atoms with E-state index < -0.39 is 5.97 Å². The average Bonchev–Trinajstić information content (AvgIpc) is 2.59. The normalized spacial score (nSPS) is 12.0. The lowest BCUT2D eigenvalue weighted by Crippen LogP contribution is -2.20. The van der Waals surface area contributed by atoms with E-state index in [0.29, 0.717) is 23.1 Å². The van der Waals surface area contributed by atoms with Crippen LogP contribution in [-0.4, -0.2) is 36.4 Å². The molecule has 0 saturated heterocycles. The number of aliphatic hydroxyl groups is 1. The zero-order valence-corrected chi connectivity index (χ0v) is 13.3. The maximum absolute atomic E-state index is 14.0. The number of methoxy groups -OCH3 is 1. The SMILES string of the molecule is COC(=O)c1cc(O)cc(-c2ccc(F)c(CC(CN)CO)c2)c1. The Hall–Kier alpha value is -2.44. The van der Waals surface area contributed by atoms with Crippen molar-refractivity contribution in [2.24, 2.45) is 11.7 Å². The van der Waals surface area contributed by atoms with Crippen molar-refractivity contribution >= 4 is 5.97 Å². The number of hydrogen-bond acceptors (Lipinski definition) is 5. The van der Waals surface area contributed by atoms with Gasteiger partial charge in [0, 0.05) is 6.61 Å². The van der Waals surface area contributed by atoms with E-state index in [1.54, 1.807) is 18.2 Å². The molecule has 0 aliphatic heterocycles. The van der Waals surface area contributed by atoms with Gasteiger partial charge in [-0.2, -0.15) is 0 Å². The molecule has 0 aliphatic rings. The van der Waals surface area contributed by atoms with Crippen molar-refractivity contribution in [3.63, 3.8) is 0 Å². The standard InChI is InChI=1S/C18H20FNO4/c1-24-18(23)15-6-13(7-16(22)8-15)12-2-3-17(19)14(5-12)4-11(9-20)10-21/h2-3,5-8,11,21-22H,4,9-10,20H2,1H3. The Morgan fingerprint density at radius 3 is 2.62 bits per heavy atom. The second kappa shape index (κ2) is 7.90. The van der Waals surface area contributed by atoms with Crippen LogP contribution in [-0.2, 0) is 11.2 Å². The van der Waals surface area contributed by atoms with E-state index in [2.05, 4.69) is 4.74 Å². The van der Waals surface area contributed by atoms with Gasteiger partial charge in [0.05, 0.1) is 12.7 Å². The number of benzene rings is 2. The van der Waals surface area contributed by atoms with Gasteiger partial charge in [0.1, 0.15) is 11.6 Å². The van der Waals surface area contributed by atoms with Gasteiger partial charge >= 0.3 is 5.97 Å². The number of phenolic OH excluding ortho intramolecular Hbond substituents is 1. The lowest BCUT2D eigenvalue weighted by atomic mass is 9.95. The van der Waals surface area contributed by atoms with Crippen LogP contribution in [0.25, 0.3) is 11.1 Å². The fourth-order valence-electron chi connectivity index (χ4n) is 2.46. The molecule has 6 heteroatoms. The minimum absolute atomic E-state index is 0.0889. The van der Waals surface area contributed by atoms with Gasteiger partial charge in [-0.25, -0.2) is 9.18 Å². The lowest BCUT2D eigenvalue weighted by molar-refractivity contribution is 0.0600. The number of hydrogen-bond donors (Lipinski definition) is 3.